The second-order valence-electron chi connectivity index (χ2n) is 7.51. The van der Waals surface area contributed by atoms with Crippen LogP contribution in [0.4, 0.5) is 5.69 Å². The highest BCUT2D eigenvalue weighted by Crippen LogP contribution is 2.26. The molecule has 2 N–H and O–H groups in total. The fraction of sp³-hybridized carbons (Fsp3) is 0.217. The number of carbonyl (C=O) groups is 1. The van der Waals surface area contributed by atoms with Crippen LogP contribution in [0, 0.1) is 0 Å². The van der Waals surface area contributed by atoms with Crippen molar-refractivity contribution in [3.05, 3.63) is 65.7 Å². The van der Waals surface area contributed by atoms with E-state index in [1.165, 1.54) is 16.6 Å². The molecule has 2 aromatic heterocycles. The summed E-state index contributed by atoms with van der Waals surface area (Å²) >= 11 is 6.27. The van der Waals surface area contributed by atoms with Crippen molar-refractivity contribution in [2.45, 2.75) is 24.7 Å². The molecule has 0 unspecified atom stereocenters. The van der Waals surface area contributed by atoms with Crippen molar-refractivity contribution < 1.29 is 17.9 Å². The Morgan fingerprint density at radius 2 is 1.83 bits per heavy atom. The predicted octanol–water partition coefficient (Wildman–Crippen LogP) is 3.54. The molecule has 0 bridgehead atoms. The minimum absolute atomic E-state index is 0.0244. The molecule has 0 saturated heterocycles. The van der Waals surface area contributed by atoms with Gasteiger partial charge in [-0.05, 0) is 48.9 Å². The highest BCUT2D eigenvalue weighted by Gasteiger charge is 2.15. The van der Waals surface area contributed by atoms with Crippen molar-refractivity contribution in [3.8, 4) is 17.3 Å². The van der Waals surface area contributed by atoms with Crippen LogP contribution < -0.4 is 14.8 Å². The Morgan fingerprint density at radius 3 is 2.57 bits per heavy atom. The molecule has 1 amide bonds. The molecule has 4 rings (SSSR count). The van der Waals surface area contributed by atoms with Crippen LogP contribution in [0.25, 0.3) is 17.0 Å². The number of hydrogen-bond donors (Lipinski definition) is 2. The zero-order chi connectivity index (χ0) is 24.8. The summed E-state index contributed by atoms with van der Waals surface area (Å²) in [6, 6.07) is 16.5. The van der Waals surface area contributed by atoms with Crippen LogP contribution in [0.2, 0.25) is 5.02 Å². The van der Waals surface area contributed by atoms with E-state index in [0.29, 0.717) is 34.2 Å². The van der Waals surface area contributed by atoms with Crippen LogP contribution in [0.5, 0.6) is 5.88 Å². The fourth-order valence-corrected chi connectivity index (χ4v) is 4.48. The lowest BCUT2D eigenvalue weighted by Crippen LogP contribution is -2.28. The molecular formula is C23H23ClN6O4S. The SMILES string of the molecule is CCCC(=O)Nc1ccc(S(=O)(=O)NCCOc2ccc3nnc(-c4ccccc4Cl)n3n2)cc1. The summed E-state index contributed by atoms with van der Waals surface area (Å²) in [5.74, 6) is 0.624. The lowest BCUT2D eigenvalue weighted by atomic mass is 10.2. The van der Waals surface area contributed by atoms with Crippen molar-refractivity contribution in [2.24, 2.45) is 0 Å². The Balaban J connectivity index is 1.36. The number of amides is 1. The Labute approximate surface area is 207 Å². The lowest BCUT2D eigenvalue weighted by molar-refractivity contribution is -0.116. The molecule has 4 aromatic rings. The molecule has 182 valence electrons. The summed E-state index contributed by atoms with van der Waals surface area (Å²) in [7, 11) is -3.75. The molecule has 0 fully saturated rings. The Bertz CT molecular complexity index is 1440. The molecule has 10 nitrogen and oxygen atoms in total. The van der Waals surface area contributed by atoms with Gasteiger partial charge in [0.25, 0.3) is 0 Å². The Kier molecular flexibility index (Phi) is 7.59. The third kappa shape index (κ3) is 5.94. The summed E-state index contributed by atoms with van der Waals surface area (Å²) in [6.45, 7) is 1.98. The maximum absolute atomic E-state index is 12.6. The van der Waals surface area contributed by atoms with Crippen LogP contribution in [-0.2, 0) is 14.8 Å². The van der Waals surface area contributed by atoms with Gasteiger partial charge in [-0.1, -0.05) is 30.7 Å². The smallest absolute Gasteiger partial charge is 0.240 e. The molecule has 35 heavy (non-hydrogen) atoms. The van der Waals surface area contributed by atoms with Gasteiger partial charge in [-0.3, -0.25) is 4.79 Å². The quantitative estimate of drug-likeness (QED) is 0.310. The first-order chi connectivity index (χ1) is 16.9. The molecule has 2 heterocycles. The maximum atomic E-state index is 12.6. The fourth-order valence-electron chi connectivity index (χ4n) is 3.24. The number of fused-ring (bicyclic) bond motifs is 1. The first-order valence-corrected chi connectivity index (χ1v) is 12.7. The number of benzene rings is 2. The predicted molar refractivity (Wildman–Crippen MR) is 132 cm³/mol. The van der Waals surface area contributed by atoms with Gasteiger partial charge < -0.3 is 10.1 Å². The summed E-state index contributed by atoms with van der Waals surface area (Å²) in [5, 5.41) is 15.9. The van der Waals surface area contributed by atoms with Gasteiger partial charge >= 0.3 is 0 Å². The average molecular weight is 515 g/mol. The zero-order valence-corrected chi connectivity index (χ0v) is 20.4. The van der Waals surface area contributed by atoms with Crippen LogP contribution >= 0.6 is 11.6 Å². The van der Waals surface area contributed by atoms with Crippen molar-refractivity contribution in [2.75, 3.05) is 18.5 Å². The van der Waals surface area contributed by atoms with Crippen molar-refractivity contribution in [3.63, 3.8) is 0 Å². The second-order valence-corrected chi connectivity index (χ2v) is 9.69. The van der Waals surface area contributed by atoms with E-state index in [2.05, 4.69) is 25.3 Å². The summed E-state index contributed by atoms with van der Waals surface area (Å²) in [5.41, 5.74) is 1.73. The van der Waals surface area contributed by atoms with Gasteiger partial charge in [0, 0.05) is 30.3 Å². The topological polar surface area (TPSA) is 128 Å². The van der Waals surface area contributed by atoms with Crippen molar-refractivity contribution in [1.82, 2.24) is 24.5 Å². The Morgan fingerprint density at radius 1 is 1.06 bits per heavy atom. The van der Waals surface area contributed by atoms with Gasteiger partial charge in [0.2, 0.25) is 21.8 Å². The highest BCUT2D eigenvalue weighted by molar-refractivity contribution is 7.89. The third-order valence-electron chi connectivity index (χ3n) is 4.92. The van der Waals surface area contributed by atoms with Crippen molar-refractivity contribution in [1.29, 1.82) is 0 Å². The van der Waals surface area contributed by atoms with Gasteiger partial charge in [-0.2, -0.15) is 4.52 Å². The van der Waals surface area contributed by atoms with Crippen molar-refractivity contribution >= 4 is 38.9 Å². The van der Waals surface area contributed by atoms with E-state index in [4.69, 9.17) is 16.3 Å². The average Bonchev–Trinajstić information content (AvgIpc) is 3.26. The molecule has 0 spiro atoms. The van der Waals surface area contributed by atoms with Gasteiger partial charge in [-0.25, -0.2) is 13.1 Å². The molecule has 0 radical (unpaired) electrons. The van der Waals surface area contributed by atoms with Gasteiger partial charge in [-0.15, -0.1) is 15.3 Å². The lowest BCUT2D eigenvalue weighted by Gasteiger charge is -2.09. The molecule has 0 aliphatic rings. The monoisotopic (exact) mass is 514 g/mol. The minimum atomic E-state index is -3.75. The first-order valence-electron chi connectivity index (χ1n) is 10.9. The molecule has 0 aliphatic heterocycles. The molecular weight excluding hydrogens is 492 g/mol. The van der Waals surface area contributed by atoms with E-state index in [1.807, 2.05) is 25.1 Å². The molecule has 2 aromatic carbocycles. The molecule has 0 atom stereocenters. The number of anilines is 1. The van der Waals surface area contributed by atoms with E-state index < -0.39 is 10.0 Å². The van der Waals surface area contributed by atoms with Crippen LogP contribution in [0.15, 0.2) is 65.6 Å². The number of rotatable bonds is 10. The standard InChI is InChI=1S/C23H23ClN6O4S/c1-2-5-21(31)26-16-8-10-17(11-9-16)35(32,33)25-14-15-34-22-13-12-20-27-28-23(30(20)29-22)18-6-3-4-7-19(18)24/h3-4,6-13,25H,2,5,14-15H2,1H3,(H,26,31). The van der Waals surface area contributed by atoms with E-state index in [0.717, 1.165) is 6.42 Å². The second kappa shape index (κ2) is 10.8. The number of carbonyl (C=O) groups excluding carboxylic acids is 1. The van der Waals surface area contributed by atoms with Gasteiger partial charge in [0.05, 0.1) is 9.92 Å². The molecule has 0 saturated carbocycles. The highest BCUT2D eigenvalue weighted by atomic mass is 35.5. The Hall–Kier alpha value is -3.54. The molecule has 12 heteroatoms. The zero-order valence-electron chi connectivity index (χ0n) is 18.8. The van der Waals surface area contributed by atoms with E-state index in [-0.39, 0.29) is 29.8 Å². The third-order valence-corrected chi connectivity index (χ3v) is 6.73. The normalized spacial score (nSPS) is 11.5. The van der Waals surface area contributed by atoms with Crippen LogP contribution in [0.1, 0.15) is 19.8 Å². The first kappa shape index (κ1) is 24.6. The van der Waals surface area contributed by atoms with E-state index in [1.54, 1.807) is 30.3 Å². The largest absolute Gasteiger partial charge is 0.475 e. The number of sulfonamides is 1. The van der Waals surface area contributed by atoms with Crippen LogP contribution in [0.3, 0.4) is 0 Å². The summed E-state index contributed by atoms with van der Waals surface area (Å²) in [6.07, 6.45) is 1.14. The van der Waals surface area contributed by atoms with Crippen LogP contribution in [-0.4, -0.2) is 47.3 Å². The number of nitrogens with zero attached hydrogens (tertiary/aromatic N) is 4. The summed E-state index contributed by atoms with van der Waals surface area (Å²) in [4.78, 5) is 11.8. The summed E-state index contributed by atoms with van der Waals surface area (Å²) < 4.78 is 34.7. The van der Waals surface area contributed by atoms with Gasteiger partial charge in [0.15, 0.2) is 11.5 Å². The molecule has 0 aliphatic carbocycles. The number of nitrogens with one attached hydrogen (secondary N) is 2. The number of halogens is 1. The number of ether oxygens (including phenoxy) is 1. The van der Waals surface area contributed by atoms with E-state index in [9.17, 15) is 13.2 Å². The number of hydrogen-bond acceptors (Lipinski definition) is 7. The minimum Gasteiger partial charge on any atom is -0.475 e. The maximum Gasteiger partial charge on any atom is 0.240 e. The van der Waals surface area contributed by atoms with Gasteiger partial charge in [0.1, 0.15) is 6.61 Å². The number of aromatic nitrogens is 4. The van der Waals surface area contributed by atoms with E-state index >= 15 is 0 Å².